The molecule has 2 heterocycles. The van der Waals surface area contributed by atoms with Crippen molar-refractivity contribution in [2.75, 3.05) is 11.2 Å². The zero-order valence-corrected chi connectivity index (χ0v) is 17.3. The quantitative estimate of drug-likeness (QED) is 0.407. The number of thioether (sulfide) groups is 1. The third-order valence-corrected chi connectivity index (χ3v) is 6.16. The molecule has 0 radical (unpaired) electrons. The summed E-state index contributed by atoms with van der Waals surface area (Å²) in [4.78, 5) is 25.2. The molecular weight excluding hydrogens is 386 g/mol. The van der Waals surface area contributed by atoms with Gasteiger partial charge in [0.15, 0.2) is 5.13 Å². The summed E-state index contributed by atoms with van der Waals surface area (Å²) in [6, 6.07) is 17.7. The van der Waals surface area contributed by atoms with Crippen molar-refractivity contribution in [3.05, 3.63) is 83.7 Å². The van der Waals surface area contributed by atoms with Gasteiger partial charge in [0.05, 0.1) is 16.8 Å². The van der Waals surface area contributed by atoms with Crippen LogP contribution in [0.15, 0.2) is 71.9 Å². The fraction of sp³-hybridized carbons (Fsp3) is 0.136. The van der Waals surface area contributed by atoms with Gasteiger partial charge in [-0.05, 0) is 55.1 Å². The van der Waals surface area contributed by atoms with Gasteiger partial charge in [-0.2, -0.15) is 0 Å². The van der Waals surface area contributed by atoms with Crippen LogP contribution in [0.25, 0.3) is 10.2 Å². The first-order chi connectivity index (χ1) is 13.6. The lowest BCUT2D eigenvalue weighted by Crippen LogP contribution is -2.30. The van der Waals surface area contributed by atoms with Gasteiger partial charge in [-0.1, -0.05) is 35.1 Å². The van der Waals surface area contributed by atoms with Crippen LogP contribution < -0.4 is 4.90 Å². The average molecular weight is 406 g/mol. The molecule has 4 rings (SSSR count). The maximum absolute atomic E-state index is 13.4. The first-order valence-corrected chi connectivity index (χ1v) is 10.9. The molecular formula is C22H19N3OS2. The van der Waals surface area contributed by atoms with E-state index in [1.54, 1.807) is 40.4 Å². The van der Waals surface area contributed by atoms with Crippen LogP contribution in [0.1, 0.15) is 21.5 Å². The standard InChI is InChI=1S/C22H19N3OS2/c1-15-5-3-7-17(11-15)21(26)25(14-16-6-4-10-23-13-16)22-24-19-9-8-18(27-2)12-20(19)28-22/h3-13H,14H2,1-2H3. The van der Waals surface area contributed by atoms with E-state index in [-0.39, 0.29) is 5.91 Å². The number of aromatic nitrogens is 2. The minimum Gasteiger partial charge on any atom is -0.279 e. The van der Waals surface area contributed by atoms with Crippen molar-refractivity contribution in [2.24, 2.45) is 0 Å². The predicted octanol–water partition coefficient (Wildman–Crippen LogP) is 5.57. The number of hydrogen-bond acceptors (Lipinski definition) is 5. The maximum Gasteiger partial charge on any atom is 0.260 e. The minimum atomic E-state index is -0.0586. The molecule has 1 amide bonds. The third-order valence-electron chi connectivity index (χ3n) is 4.39. The zero-order valence-electron chi connectivity index (χ0n) is 15.6. The van der Waals surface area contributed by atoms with Crippen molar-refractivity contribution in [1.82, 2.24) is 9.97 Å². The zero-order chi connectivity index (χ0) is 19.5. The molecule has 0 atom stereocenters. The molecule has 0 saturated heterocycles. The predicted molar refractivity (Wildman–Crippen MR) is 117 cm³/mol. The fourth-order valence-corrected chi connectivity index (χ4v) is 4.49. The summed E-state index contributed by atoms with van der Waals surface area (Å²) in [5.41, 5.74) is 3.59. The van der Waals surface area contributed by atoms with Crippen LogP contribution in [0.5, 0.6) is 0 Å². The van der Waals surface area contributed by atoms with E-state index in [9.17, 15) is 4.79 Å². The number of hydrogen-bond donors (Lipinski definition) is 0. The number of nitrogens with zero attached hydrogens (tertiary/aromatic N) is 3. The van der Waals surface area contributed by atoms with E-state index in [2.05, 4.69) is 23.4 Å². The average Bonchev–Trinajstić information content (AvgIpc) is 3.15. The second kappa shape index (κ2) is 8.12. The maximum atomic E-state index is 13.4. The molecule has 0 bridgehead atoms. The topological polar surface area (TPSA) is 46.1 Å². The van der Waals surface area contributed by atoms with Crippen molar-refractivity contribution >= 4 is 44.4 Å². The number of fused-ring (bicyclic) bond motifs is 1. The Bertz CT molecular complexity index is 1130. The number of thiazole rings is 1. The van der Waals surface area contributed by atoms with E-state index in [1.165, 1.54) is 4.90 Å². The molecule has 0 N–H and O–H groups in total. The first-order valence-electron chi connectivity index (χ1n) is 8.86. The van der Waals surface area contributed by atoms with Crippen molar-refractivity contribution in [2.45, 2.75) is 18.4 Å². The molecule has 0 aliphatic carbocycles. The lowest BCUT2D eigenvalue weighted by Gasteiger charge is -2.20. The molecule has 2 aromatic heterocycles. The highest BCUT2D eigenvalue weighted by Crippen LogP contribution is 2.33. The molecule has 140 valence electrons. The SMILES string of the molecule is CSc1ccc2nc(N(Cc3cccnc3)C(=O)c3cccc(C)c3)sc2c1. The van der Waals surface area contributed by atoms with E-state index in [0.29, 0.717) is 17.2 Å². The molecule has 0 spiro atoms. The number of anilines is 1. The van der Waals surface area contributed by atoms with E-state index in [0.717, 1.165) is 21.3 Å². The van der Waals surface area contributed by atoms with E-state index in [4.69, 9.17) is 4.98 Å². The van der Waals surface area contributed by atoms with Gasteiger partial charge in [0.25, 0.3) is 5.91 Å². The van der Waals surface area contributed by atoms with Gasteiger partial charge in [-0.3, -0.25) is 14.7 Å². The van der Waals surface area contributed by atoms with Crippen molar-refractivity contribution in [3.8, 4) is 0 Å². The third kappa shape index (κ3) is 3.93. The Labute approximate surface area is 172 Å². The summed E-state index contributed by atoms with van der Waals surface area (Å²) in [5, 5.41) is 0.698. The number of amides is 1. The normalized spacial score (nSPS) is 10.9. The summed E-state index contributed by atoms with van der Waals surface area (Å²) >= 11 is 3.24. The van der Waals surface area contributed by atoms with Crippen LogP contribution >= 0.6 is 23.1 Å². The monoisotopic (exact) mass is 405 g/mol. The number of pyridine rings is 1. The molecule has 4 aromatic rings. The van der Waals surface area contributed by atoms with Gasteiger partial charge in [0, 0.05) is 22.9 Å². The van der Waals surface area contributed by atoms with Crippen molar-refractivity contribution < 1.29 is 4.79 Å². The van der Waals surface area contributed by atoms with Crippen molar-refractivity contribution in [1.29, 1.82) is 0 Å². The highest BCUT2D eigenvalue weighted by atomic mass is 32.2. The molecule has 2 aromatic carbocycles. The number of carbonyl (C=O) groups excluding carboxylic acids is 1. The molecule has 0 aliphatic rings. The molecule has 0 saturated carbocycles. The van der Waals surface area contributed by atoms with Gasteiger partial charge in [-0.25, -0.2) is 4.98 Å². The fourth-order valence-electron chi connectivity index (χ4n) is 2.97. The van der Waals surface area contributed by atoms with Crippen LogP contribution in [0.2, 0.25) is 0 Å². The van der Waals surface area contributed by atoms with Gasteiger partial charge in [0.1, 0.15) is 0 Å². The number of rotatable bonds is 5. The number of aryl methyl sites for hydroxylation is 1. The van der Waals surface area contributed by atoms with Crippen LogP contribution in [-0.2, 0) is 6.54 Å². The molecule has 0 fully saturated rings. The molecule has 0 unspecified atom stereocenters. The van der Waals surface area contributed by atoms with Crippen molar-refractivity contribution in [3.63, 3.8) is 0 Å². The Morgan fingerprint density at radius 2 is 2.04 bits per heavy atom. The summed E-state index contributed by atoms with van der Waals surface area (Å²) in [5.74, 6) is -0.0586. The smallest absolute Gasteiger partial charge is 0.260 e. The molecule has 4 nitrogen and oxygen atoms in total. The summed E-state index contributed by atoms with van der Waals surface area (Å²) in [6.07, 6.45) is 5.58. The van der Waals surface area contributed by atoms with Crippen LogP contribution in [0.3, 0.4) is 0 Å². The Kier molecular flexibility index (Phi) is 5.41. The number of benzene rings is 2. The molecule has 28 heavy (non-hydrogen) atoms. The Morgan fingerprint density at radius 1 is 1.14 bits per heavy atom. The second-order valence-electron chi connectivity index (χ2n) is 6.45. The highest BCUT2D eigenvalue weighted by Gasteiger charge is 2.22. The van der Waals surface area contributed by atoms with E-state index < -0.39 is 0 Å². The lowest BCUT2D eigenvalue weighted by atomic mass is 10.1. The summed E-state index contributed by atoms with van der Waals surface area (Å²) in [7, 11) is 0. The molecule has 0 aliphatic heterocycles. The first kappa shape index (κ1) is 18.7. The summed E-state index contributed by atoms with van der Waals surface area (Å²) in [6.45, 7) is 2.42. The van der Waals surface area contributed by atoms with Gasteiger partial charge in [0.2, 0.25) is 0 Å². The summed E-state index contributed by atoms with van der Waals surface area (Å²) < 4.78 is 1.08. The van der Waals surface area contributed by atoms with E-state index in [1.807, 2.05) is 49.4 Å². The highest BCUT2D eigenvalue weighted by molar-refractivity contribution is 7.98. The van der Waals surface area contributed by atoms with Crippen LogP contribution in [0, 0.1) is 6.92 Å². The van der Waals surface area contributed by atoms with Gasteiger partial charge in [-0.15, -0.1) is 11.8 Å². The van der Waals surface area contributed by atoms with Gasteiger partial charge >= 0.3 is 0 Å². The van der Waals surface area contributed by atoms with E-state index >= 15 is 0 Å². The minimum absolute atomic E-state index is 0.0586. The van der Waals surface area contributed by atoms with Crippen LogP contribution in [0.4, 0.5) is 5.13 Å². The number of carbonyl (C=O) groups is 1. The van der Waals surface area contributed by atoms with Gasteiger partial charge < -0.3 is 0 Å². The Balaban J connectivity index is 1.77. The Morgan fingerprint density at radius 3 is 2.79 bits per heavy atom. The van der Waals surface area contributed by atoms with Crippen LogP contribution in [-0.4, -0.2) is 22.1 Å². The largest absolute Gasteiger partial charge is 0.279 e. The molecule has 6 heteroatoms. The lowest BCUT2D eigenvalue weighted by molar-refractivity contribution is 0.0985. The second-order valence-corrected chi connectivity index (χ2v) is 8.34. The Hall–Kier alpha value is -2.70.